The van der Waals surface area contributed by atoms with Crippen molar-refractivity contribution in [1.29, 1.82) is 0 Å². The number of unbranched alkanes of at least 4 members (excludes halogenated alkanes) is 5. The molecule has 75 heavy (non-hydrogen) atoms. The van der Waals surface area contributed by atoms with Crippen molar-refractivity contribution in [1.82, 2.24) is 31.1 Å². The van der Waals surface area contributed by atoms with E-state index >= 15 is 0 Å². The van der Waals surface area contributed by atoms with E-state index in [-0.39, 0.29) is 37.1 Å². The summed E-state index contributed by atoms with van der Waals surface area (Å²) in [4.78, 5) is 98.5. The van der Waals surface area contributed by atoms with Crippen molar-refractivity contribution in [3.8, 4) is 5.75 Å². The van der Waals surface area contributed by atoms with Gasteiger partial charge in [-0.15, -0.1) is 0 Å². The summed E-state index contributed by atoms with van der Waals surface area (Å²) in [6.07, 6.45) is -4.61. The highest BCUT2D eigenvalue weighted by molar-refractivity contribution is 5.98. The normalized spacial score (nSPS) is 22.5. The maximum Gasteiger partial charge on any atom is 0.248 e. The molecule has 3 rings (SSSR count). The zero-order valence-corrected chi connectivity index (χ0v) is 44.8. The molecular formula is C53H88N6O16. The number of aromatic hydroxyl groups is 1. The molecule has 0 aromatic heterocycles. The Kier molecular flexibility index (Phi) is 27.0. The fraction of sp³-hybridized carbons (Fsp3) is 0.755. The Bertz CT molecular complexity index is 1990. The van der Waals surface area contributed by atoms with Crippen LogP contribution >= 0.6 is 0 Å². The number of phenolic OH excluding ortho intramolecular Hbond substituents is 1. The topological polar surface area (TPSA) is 356 Å². The lowest BCUT2D eigenvalue weighted by atomic mass is 9.91. The number of amides is 6. The average Bonchev–Trinajstić information content (AvgIpc) is 3.95. The molecule has 22 heteroatoms. The van der Waals surface area contributed by atoms with Crippen LogP contribution in [0.2, 0.25) is 0 Å². The van der Waals surface area contributed by atoms with E-state index in [4.69, 9.17) is 0 Å². The third-order valence-electron chi connectivity index (χ3n) is 14.5. The van der Waals surface area contributed by atoms with E-state index in [0.717, 1.165) is 55.8 Å². The number of β-amino-alcohol motifs (C(OH)–C–C–N with tert-alkyl or cyclic N) is 1. The summed E-state index contributed by atoms with van der Waals surface area (Å²) in [6, 6.07) is -5.52. The van der Waals surface area contributed by atoms with Gasteiger partial charge in [-0.1, -0.05) is 91.2 Å². The molecule has 2 heterocycles. The Hall–Kier alpha value is -4.81. The van der Waals surface area contributed by atoms with Crippen molar-refractivity contribution in [3.05, 3.63) is 29.8 Å². The number of rotatable bonds is 32. The van der Waals surface area contributed by atoms with Crippen LogP contribution in [0.25, 0.3) is 0 Å². The Labute approximate surface area is 441 Å². The smallest absolute Gasteiger partial charge is 0.248 e. The Morgan fingerprint density at radius 2 is 1.27 bits per heavy atom. The fourth-order valence-corrected chi connectivity index (χ4v) is 9.85. The average molecular weight is 1070 g/mol. The van der Waals surface area contributed by atoms with Gasteiger partial charge in [0.15, 0.2) is 5.78 Å². The molecule has 0 aliphatic carbocycles. The third kappa shape index (κ3) is 19.6. The minimum Gasteiger partial charge on any atom is -0.508 e. The molecule has 0 radical (unpaired) electrons. The largest absolute Gasteiger partial charge is 0.508 e. The maximum atomic E-state index is 14.4. The summed E-state index contributed by atoms with van der Waals surface area (Å²) in [5, 5.41) is 107. The highest BCUT2D eigenvalue weighted by Crippen LogP contribution is 2.27. The van der Waals surface area contributed by atoms with Gasteiger partial charge in [0.25, 0.3) is 0 Å². The van der Waals surface area contributed by atoms with Gasteiger partial charge in [0.2, 0.25) is 35.4 Å². The molecule has 0 spiro atoms. The second kappa shape index (κ2) is 31.4. The Morgan fingerprint density at radius 3 is 1.85 bits per heavy atom. The quantitative estimate of drug-likeness (QED) is 0.0426. The molecule has 2 unspecified atom stereocenters. The highest BCUT2D eigenvalue weighted by atomic mass is 16.3. The van der Waals surface area contributed by atoms with Gasteiger partial charge >= 0.3 is 0 Å². The van der Waals surface area contributed by atoms with Gasteiger partial charge in [-0.05, 0) is 76.0 Å². The summed E-state index contributed by atoms with van der Waals surface area (Å²) in [5.41, 5.74) is -0.0426. The van der Waals surface area contributed by atoms with E-state index in [2.05, 4.69) is 42.0 Å². The van der Waals surface area contributed by atoms with E-state index in [0.29, 0.717) is 24.7 Å². The number of likely N-dealkylation sites (tertiary alicyclic amines) is 2. The standard InChI is InChI=1S/C53H88N6O16/c1-8-16-39(65)44(53(75)58-24-23-40(66)46(58)33(7)62)56-51(73)45(48(70)47(69)34-19-21-35(63)22-20-34)57-50(72)38-26-36(64)28-59(38)52(74)43(32(6)61)55-49(71)37(27-41(67)31(5)60)54-42(68)18-15-13-11-10-12-14-17-30(4)25-29(3)9-2/h19-22,29-32,36-41,43-48,60-61,63-67,69-70H,8-18,23-28H2,1-7H3,(H,54,68)(H,55,71)(H,56,73)(H,57,72)/t29?,30?,31-,32+,36+,37-,38-,39+,40-,41+,43-,44-,45-,46+,47-,48-/m0/s1. The predicted molar refractivity (Wildman–Crippen MR) is 275 cm³/mol. The minimum atomic E-state index is -2.25. The summed E-state index contributed by atoms with van der Waals surface area (Å²) in [5.74, 6) is -5.54. The summed E-state index contributed by atoms with van der Waals surface area (Å²) in [7, 11) is 0. The van der Waals surface area contributed by atoms with Gasteiger partial charge in [0, 0.05) is 32.4 Å². The van der Waals surface area contributed by atoms with Crippen LogP contribution in [0, 0.1) is 11.8 Å². The summed E-state index contributed by atoms with van der Waals surface area (Å²) >= 11 is 0. The lowest BCUT2D eigenvalue weighted by molar-refractivity contribution is -0.147. The number of Topliss-reactive ketones (excluding diaryl/α,β-unsaturated/α-hetero) is 1. The molecule has 1 aromatic carbocycles. The zero-order chi connectivity index (χ0) is 56.3. The SMILES string of the molecule is CCC[C@@H](O)[C@H](NC(=O)[C@@H](NC(=O)[C@@H]1C[C@@H](O)CN1C(=O)[C@@H](NC(=O)[C@H](C[C@@H](O)[C@H](C)O)NC(=O)CCCCCCCCC(C)CC(C)CC)[C@@H](C)O)[C@H](O)[C@@H](O)c1ccc(O)cc1)C(=O)N1CC[C@H](O)[C@H]1C(C)=O. The van der Waals surface area contributed by atoms with Crippen LogP contribution in [0.1, 0.15) is 156 Å². The van der Waals surface area contributed by atoms with Gasteiger partial charge in [0.05, 0.1) is 36.6 Å². The van der Waals surface area contributed by atoms with E-state index in [1.807, 2.05) is 0 Å². The van der Waals surface area contributed by atoms with E-state index in [1.54, 1.807) is 6.92 Å². The van der Waals surface area contributed by atoms with Gasteiger partial charge < -0.3 is 77.0 Å². The molecule has 2 fully saturated rings. The number of hydrogen-bond acceptors (Lipinski definition) is 16. The molecule has 0 bridgehead atoms. The molecule has 426 valence electrons. The van der Waals surface area contributed by atoms with Crippen LogP contribution in [0.15, 0.2) is 24.3 Å². The van der Waals surface area contributed by atoms with Crippen LogP contribution in [0.3, 0.4) is 0 Å². The molecule has 22 nitrogen and oxygen atoms in total. The first-order valence-electron chi connectivity index (χ1n) is 26.9. The molecule has 2 aliphatic heterocycles. The first-order valence-corrected chi connectivity index (χ1v) is 26.9. The van der Waals surface area contributed by atoms with Crippen molar-refractivity contribution in [2.45, 2.75) is 230 Å². The number of hydrogen-bond donors (Lipinski definition) is 13. The van der Waals surface area contributed by atoms with Crippen LogP contribution < -0.4 is 21.3 Å². The van der Waals surface area contributed by atoms with E-state index in [9.17, 15) is 79.5 Å². The lowest BCUT2D eigenvalue weighted by Crippen LogP contribution is -2.64. The van der Waals surface area contributed by atoms with E-state index < -0.39 is 146 Å². The number of carbonyl (C=O) groups excluding carboxylic acids is 7. The molecule has 0 saturated carbocycles. The first kappa shape index (κ1) is 64.5. The number of nitrogens with one attached hydrogen (secondary N) is 4. The maximum absolute atomic E-state index is 14.4. The van der Waals surface area contributed by atoms with Crippen molar-refractivity contribution in [2.24, 2.45) is 11.8 Å². The molecule has 2 saturated heterocycles. The van der Waals surface area contributed by atoms with Crippen molar-refractivity contribution in [3.63, 3.8) is 0 Å². The summed E-state index contributed by atoms with van der Waals surface area (Å²) in [6.45, 7) is 11.4. The zero-order valence-electron chi connectivity index (χ0n) is 44.8. The monoisotopic (exact) mass is 1060 g/mol. The third-order valence-corrected chi connectivity index (χ3v) is 14.5. The van der Waals surface area contributed by atoms with Gasteiger partial charge in [-0.25, -0.2) is 0 Å². The number of aliphatic hydroxyl groups excluding tert-OH is 8. The second-order valence-electron chi connectivity index (χ2n) is 21.1. The number of aliphatic hydroxyl groups is 8. The van der Waals surface area contributed by atoms with Crippen molar-refractivity contribution >= 4 is 41.2 Å². The number of phenols is 1. The number of benzene rings is 1. The molecular weight excluding hydrogens is 977 g/mol. The first-order chi connectivity index (χ1) is 35.3. The van der Waals surface area contributed by atoms with Crippen LogP contribution in [-0.4, -0.2) is 189 Å². The number of ketones is 1. The highest BCUT2D eigenvalue weighted by Gasteiger charge is 2.47. The second-order valence-corrected chi connectivity index (χ2v) is 21.1. The number of nitrogens with zero attached hydrogens (tertiary/aromatic N) is 2. The van der Waals surface area contributed by atoms with Gasteiger partial charge in [0.1, 0.15) is 54.2 Å². The van der Waals surface area contributed by atoms with Crippen LogP contribution in [0.5, 0.6) is 5.75 Å². The van der Waals surface area contributed by atoms with Crippen molar-refractivity contribution < 1.29 is 79.5 Å². The van der Waals surface area contributed by atoms with Crippen LogP contribution in [-0.2, 0) is 33.6 Å². The molecule has 13 N–H and O–H groups in total. The Morgan fingerprint density at radius 1 is 0.667 bits per heavy atom. The fourth-order valence-electron chi connectivity index (χ4n) is 9.85. The Balaban J connectivity index is 1.83. The predicted octanol–water partition coefficient (Wildman–Crippen LogP) is 0.105. The molecule has 6 amide bonds. The number of carbonyl (C=O) groups is 7. The summed E-state index contributed by atoms with van der Waals surface area (Å²) < 4.78 is 0. The molecule has 16 atom stereocenters. The van der Waals surface area contributed by atoms with Gasteiger partial charge in [-0.2, -0.15) is 0 Å². The van der Waals surface area contributed by atoms with Crippen molar-refractivity contribution in [2.75, 3.05) is 13.1 Å². The molecule has 1 aromatic rings. The minimum absolute atomic E-state index is 0.0147. The van der Waals surface area contributed by atoms with Gasteiger partial charge in [-0.3, -0.25) is 33.6 Å². The van der Waals surface area contributed by atoms with Crippen LogP contribution in [0.4, 0.5) is 0 Å². The van der Waals surface area contributed by atoms with E-state index in [1.165, 1.54) is 50.5 Å². The lowest BCUT2D eigenvalue weighted by Gasteiger charge is -2.34. The molecule has 2 aliphatic rings.